The minimum atomic E-state index is -0.621. The maximum Gasteiger partial charge on any atom is 0.294 e. The van der Waals surface area contributed by atoms with E-state index in [0.717, 1.165) is 55.7 Å². The molecule has 6 aliphatic carbocycles. The van der Waals surface area contributed by atoms with E-state index < -0.39 is 5.09 Å². The summed E-state index contributed by atoms with van der Waals surface area (Å²) in [7, 11) is 0. The fourth-order valence-electron chi connectivity index (χ4n) is 7.48. The van der Waals surface area contributed by atoms with Gasteiger partial charge in [0.05, 0.1) is 6.61 Å². The zero-order chi connectivity index (χ0) is 13.1. The lowest BCUT2D eigenvalue weighted by molar-refractivity contribution is -0.758. The second-order valence-corrected chi connectivity index (χ2v) is 9.89. The first-order chi connectivity index (χ1) is 9.09. The van der Waals surface area contributed by atoms with Gasteiger partial charge in [-0.25, -0.2) is 0 Å². The van der Waals surface area contributed by atoms with Crippen molar-refractivity contribution in [1.29, 1.82) is 0 Å². The van der Waals surface area contributed by atoms with Crippen LogP contribution < -0.4 is 0 Å². The van der Waals surface area contributed by atoms with Gasteiger partial charge in [-0.1, -0.05) is 45.2 Å². The van der Waals surface area contributed by atoms with Crippen molar-refractivity contribution in [1.82, 2.24) is 0 Å². The lowest BCUT2D eigenvalue weighted by Crippen LogP contribution is -2.40. The molecule has 0 unspecified atom stereocenters. The Morgan fingerprint density at radius 3 is 2.74 bits per heavy atom. The molecule has 104 valence electrons. The second-order valence-electron chi connectivity index (χ2n) is 7.11. The lowest BCUT2D eigenvalue weighted by atomic mass is 9.62. The molecular weight excluding hydrogens is 472 g/mol. The molecule has 0 spiro atoms. The third-order valence-corrected chi connectivity index (χ3v) is 10.9. The monoisotopic (exact) mass is 487 g/mol. The minimum Gasteiger partial charge on any atom is -0.314 e. The molecule has 0 saturated heterocycles. The Labute approximate surface area is 138 Å². The summed E-state index contributed by atoms with van der Waals surface area (Å²) in [6.45, 7) is 0.312. The summed E-state index contributed by atoms with van der Waals surface area (Å²) in [6, 6.07) is 0. The van der Waals surface area contributed by atoms with E-state index in [9.17, 15) is 10.1 Å². The Hall–Kier alpha value is 0.660. The van der Waals surface area contributed by atoms with Crippen LogP contribution in [-0.2, 0) is 4.84 Å². The summed E-state index contributed by atoms with van der Waals surface area (Å²) in [5.74, 6) is 6.51. The maximum absolute atomic E-state index is 10.4. The molecule has 6 saturated carbocycles. The topological polar surface area (TPSA) is 52.4 Å². The number of alkyl halides is 2. The van der Waals surface area contributed by atoms with Gasteiger partial charge in [-0.05, 0) is 59.7 Å². The zero-order valence-electron chi connectivity index (χ0n) is 10.2. The highest BCUT2D eigenvalue weighted by atomic mass is 127. The van der Waals surface area contributed by atoms with E-state index in [1.807, 2.05) is 0 Å². The first kappa shape index (κ1) is 12.2. The normalized spacial score (nSPS) is 65.7. The summed E-state index contributed by atoms with van der Waals surface area (Å²) in [4.78, 5) is 15.1. The number of hydrogen-bond donors (Lipinski definition) is 0. The van der Waals surface area contributed by atoms with Crippen LogP contribution in [0, 0.1) is 57.0 Å². The summed E-state index contributed by atoms with van der Waals surface area (Å²) in [5, 5.41) is 9.81. The van der Waals surface area contributed by atoms with E-state index in [0.29, 0.717) is 12.0 Å². The first-order valence-corrected chi connectivity index (χ1v) is 9.63. The lowest BCUT2D eigenvalue weighted by Gasteiger charge is -2.42. The fourth-order valence-corrected chi connectivity index (χ4v) is 11.8. The van der Waals surface area contributed by atoms with Crippen molar-refractivity contribution in [2.75, 3.05) is 6.61 Å². The number of hydrogen-bond acceptors (Lipinski definition) is 3. The molecule has 6 rings (SSSR count). The fraction of sp³-hybridized carbons (Fsp3) is 1.00. The van der Waals surface area contributed by atoms with Gasteiger partial charge >= 0.3 is 0 Å². The highest BCUT2D eigenvalue weighted by Gasteiger charge is 2.87. The average molecular weight is 487 g/mol. The Morgan fingerprint density at radius 1 is 1.21 bits per heavy atom. The van der Waals surface area contributed by atoms with E-state index in [1.165, 1.54) is 6.42 Å². The third kappa shape index (κ3) is 1.07. The van der Waals surface area contributed by atoms with E-state index in [2.05, 4.69) is 50.0 Å². The van der Waals surface area contributed by atoms with Gasteiger partial charge in [0.1, 0.15) is 0 Å². The number of nitrogens with zero attached hydrogens (tertiary/aromatic N) is 1. The second kappa shape index (κ2) is 3.52. The highest BCUT2D eigenvalue weighted by molar-refractivity contribution is 14.1. The van der Waals surface area contributed by atoms with Crippen molar-refractivity contribution in [2.24, 2.45) is 46.8 Å². The Morgan fingerprint density at radius 2 is 2.00 bits per heavy atom. The summed E-state index contributed by atoms with van der Waals surface area (Å²) < 4.78 is 1.59. The van der Waals surface area contributed by atoms with Gasteiger partial charge in [-0.15, -0.1) is 10.1 Å². The largest absolute Gasteiger partial charge is 0.314 e. The molecule has 4 nitrogen and oxygen atoms in total. The summed E-state index contributed by atoms with van der Waals surface area (Å²) in [6.07, 6.45) is 2.39. The molecule has 0 amide bonds. The molecule has 0 N–H and O–H groups in total. The highest BCUT2D eigenvalue weighted by Crippen LogP contribution is 2.89. The zero-order valence-corrected chi connectivity index (χ0v) is 14.6. The molecule has 6 bridgehead atoms. The van der Waals surface area contributed by atoms with Gasteiger partial charge in [0.15, 0.2) is 0 Å². The van der Waals surface area contributed by atoms with Gasteiger partial charge in [0.2, 0.25) is 0 Å². The van der Waals surface area contributed by atoms with Crippen LogP contribution in [0.5, 0.6) is 0 Å². The summed E-state index contributed by atoms with van der Waals surface area (Å²) >= 11 is 5.40. The van der Waals surface area contributed by atoms with E-state index in [1.54, 1.807) is 0 Å². The van der Waals surface area contributed by atoms with Crippen LogP contribution in [0.3, 0.4) is 0 Å². The van der Waals surface area contributed by atoms with Crippen LogP contribution in [0.1, 0.15) is 12.8 Å². The molecule has 0 aliphatic heterocycles. The molecule has 6 aliphatic rings. The van der Waals surface area contributed by atoms with Gasteiger partial charge in [0, 0.05) is 7.85 Å². The SMILES string of the molecule is O=[N+]([O-])OCC[C@]12[C@@H]3[C@H](I)[C@@H]4[C@H]5C[C@H]([C@@H]([C@H]53)[C@H]1I)[C@@H]42. The van der Waals surface area contributed by atoms with E-state index >= 15 is 0 Å². The van der Waals surface area contributed by atoms with Gasteiger partial charge in [-0.3, -0.25) is 0 Å². The smallest absolute Gasteiger partial charge is 0.294 e. The molecule has 19 heavy (non-hydrogen) atoms. The van der Waals surface area contributed by atoms with Crippen molar-refractivity contribution < 1.29 is 9.92 Å². The van der Waals surface area contributed by atoms with Gasteiger partial charge in [0.25, 0.3) is 5.09 Å². The van der Waals surface area contributed by atoms with Gasteiger partial charge < -0.3 is 4.84 Å². The molecule has 6 fully saturated rings. The molecular formula is C13H15I2NO3. The van der Waals surface area contributed by atoms with Crippen LogP contribution in [0.25, 0.3) is 0 Å². The number of halogens is 2. The first-order valence-electron chi connectivity index (χ1n) is 7.14. The van der Waals surface area contributed by atoms with Crippen LogP contribution in [-0.4, -0.2) is 19.5 Å². The quantitative estimate of drug-likeness (QED) is 0.266. The van der Waals surface area contributed by atoms with Gasteiger partial charge in [-0.2, -0.15) is 0 Å². The predicted octanol–water partition coefficient (Wildman–Crippen LogP) is 2.95. The van der Waals surface area contributed by atoms with Crippen molar-refractivity contribution in [3.05, 3.63) is 10.1 Å². The van der Waals surface area contributed by atoms with Crippen molar-refractivity contribution in [2.45, 2.75) is 20.7 Å². The van der Waals surface area contributed by atoms with Crippen LogP contribution in [0.2, 0.25) is 0 Å². The Kier molecular flexibility index (Phi) is 2.27. The maximum atomic E-state index is 10.4. The molecule has 6 heteroatoms. The molecule has 10 atom stereocenters. The molecule has 0 aromatic carbocycles. The van der Waals surface area contributed by atoms with Crippen LogP contribution >= 0.6 is 45.2 Å². The molecule has 0 radical (unpaired) electrons. The van der Waals surface area contributed by atoms with Crippen molar-refractivity contribution in [3.63, 3.8) is 0 Å². The van der Waals surface area contributed by atoms with Crippen LogP contribution in [0.4, 0.5) is 0 Å². The standard InChI is InChI=1S/C13H15I2NO3/c14-11-8-4-3-5-7-6(4)10(11)13(9(5)8,12(7)15)1-2-19-16(17)18/h4-12H,1-3H2/t4-,5+,6-,7-,8+,9-,10-,11+,12+,13-/m0/s1. The predicted molar refractivity (Wildman–Crippen MR) is 84.7 cm³/mol. The summed E-state index contributed by atoms with van der Waals surface area (Å²) in [5.41, 5.74) is 0.389. The molecule has 0 heterocycles. The number of rotatable bonds is 4. The van der Waals surface area contributed by atoms with Crippen molar-refractivity contribution in [3.8, 4) is 0 Å². The van der Waals surface area contributed by atoms with Crippen LogP contribution in [0.15, 0.2) is 0 Å². The average Bonchev–Trinajstić information content (AvgIpc) is 3.05. The van der Waals surface area contributed by atoms with E-state index in [-0.39, 0.29) is 0 Å². The molecule has 0 aromatic rings. The van der Waals surface area contributed by atoms with E-state index in [4.69, 9.17) is 0 Å². The molecule has 0 aromatic heterocycles. The third-order valence-electron chi connectivity index (χ3n) is 7.30. The van der Waals surface area contributed by atoms with Crippen molar-refractivity contribution >= 4 is 45.2 Å². The minimum absolute atomic E-state index is 0.312. The Balaban J connectivity index is 1.52. The Bertz CT molecular complexity index is 485.